The van der Waals surface area contributed by atoms with Crippen LogP contribution in [0.5, 0.6) is 0 Å². The van der Waals surface area contributed by atoms with Gasteiger partial charge < -0.3 is 4.74 Å². The molecule has 0 aromatic rings. The Kier molecular flexibility index (Phi) is 2.28. The fourth-order valence-electron chi connectivity index (χ4n) is 1.24. The molecule has 0 saturated heterocycles. The molecule has 0 atom stereocenters. The first kappa shape index (κ1) is 7.55. The van der Waals surface area contributed by atoms with Gasteiger partial charge in [-0.1, -0.05) is 17.2 Å². The highest BCUT2D eigenvalue weighted by Crippen LogP contribution is 2.24. The molecule has 0 saturated carbocycles. The maximum Gasteiger partial charge on any atom is 0.0679 e. The first-order chi connectivity index (χ1) is 4.74. The van der Waals surface area contributed by atoms with Crippen molar-refractivity contribution in [2.75, 3.05) is 13.7 Å². The Labute approximate surface area is 62.4 Å². The molecule has 10 heavy (non-hydrogen) atoms. The van der Waals surface area contributed by atoms with Crippen molar-refractivity contribution in [3.8, 4) is 0 Å². The highest BCUT2D eigenvalue weighted by atomic mass is 16.5. The van der Waals surface area contributed by atoms with Gasteiger partial charge in [0.15, 0.2) is 0 Å². The number of allylic oxidation sites excluding steroid dienone is 3. The van der Waals surface area contributed by atoms with Gasteiger partial charge in [0.05, 0.1) is 6.61 Å². The Balaban J connectivity index is 2.52. The van der Waals surface area contributed by atoms with Crippen LogP contribution in [0, 0.1) is 0 Å². The third-order valence-corrected chi connectivity index (χ3v) is 1.92. The molecular formula is C9H14O. The zero-order chi connectivity index (χ0) is 7.56. The number of methoxy groups -OCH3 is 1. The third-order valence-electron chi connectivity index (χ3n) is 1.92. The summed E-state index contributed by atoms with van der Waals surface area (Å²) in [5.41, 5.74) is 4.29. The van der Waals surface area contributed by atoms with E-state index in [1.165, 1.54) is 16.7 Å². The van der Waals surface area contributed by atoms with Gasteiger partial charge in [-0.2, -0.15) is 0 Å². The summed E-state index contributed by atoms with van der Waals surface area (Å²) in [6.45, 7) is 5.11. The Bertz CT molecular complexity index is 187. The van der Waals surface area contributed by atoms with Gasteiger partial charge in [-0.3, -0.25) is 0 Å². The number of hydrogen-bond donors (Lipinski definition) is 0. The van der Waals surface area contributed by atoms with Gasteiger partial charge in [0.25, 0.3) is 0 Å². The van der Waals surface area contributed by atoms with Crippen LogP contribution in [-0.2, 0) is 4.74 Å². The Hall–Kier alpha value is -0.560. The van der Waals surface area contributed by atoms with Crippen molar-refractivity contribution >= 4 is 0 Å². The van der Waals surface area contributed by atoms with Crippen LogP contribution in [0.1, 0.15) is 20.3 Å². The molecule has 0 radical (unpaired) electrons. The standard InChI is InChI=1S/C9H14O/c1-7-4-9(6-10-3)5-8(7)2/h4H,5-6H2,1-3H3. The predicted molar refractivity (Wildman–Crippen MR) is 43.0 cm³/mol. The zero-order valence-corrected chi connectivity index (χ0v) is 6.90. The molecule has 1 nitrogen and oxygen atoms in total. The molecule has 0 fully saturated rings. The van der Waals surface area contributed by atoms with E-state index in [2.05, 4.69) is 19.9 Å². The van der Waals surface area contributed by atoms with Gasteiger partial charge >= 0.3 is 0 Å². The molecular weight excluding hydrogens is 124 g/mol. The third kappa shape index (κ3) is 1.48. The lowest BCUT2D eigenvalue weighted by molar-refractivity contribution is 0.224. The Morgan fingerprint density at radius 1 is 1.50 bits per heavy atom. The SMILES string of the molecule is COCC1=CC(C)=C(C)C1. The van der Waals surface area contributed by atoms with Gasteiger partial charge in [-0.25, -0.2) is 0 Å². The monoisotopic (exact) mass is 138 g/mol. The van der Waals surface area contributed by atoms with Crippen LogP contribution >= 0.6 is 0 Å². The van der Waals surface area contributed by atoms with Crippen LogP contribution in [0.4, 0.5) is 0 Å². The molecule has 1 rings (SSSR count). The van der Waals surface area contributed by atoms with E-state index in [0.29, 0.717) is 0 Å². The van der Waals surface area contributed by atoms with E-state index in [4.69, 9.17) is 4.74 Å². The Morgan fingerprint density at radius 3 is 2.60 bits per heavy atom. The molecule has 0 amide bonds. The van der Waals surface area contributed by atoms with Gasteiger partial charge in [0.2, 0.25) is 0 Å². The van der Waals surface area contributed by atoms with E-state index in [0.717, 1.165) is 13.0 Å². The lowest BCUT2D eigenvalue weighted by atomic mass is 10.2. The highest BCUT2D eigenvalue weighted by molar-refractivity contribution is 5.36. The van der Waals surface area contributed by atoms with Crippen molar-refractivity contribution in [2.24, 2.45) is 0 Å². The molecule has 0 unspecified atom stereocenters. The van der Waals surface area contributed by atoms with Crippen LogP contribution < -0.4 is 0 Å². The van der Waals surface area contributed by atoms with Crippen molar-refractivity contribution in [1.82, 2.24) is 0 Å². The first-order valence-electron chi connectivity index (χ1n) is 3.58. The molecule has 1 aliphatic carbocycles. The normalized spacial score (nSPS) is 18.1. The molecule has 0 N–H and O–H groups in total. The van der Waals surface area contributed by atoms with Gasteiger partial charge in [-0.05, 0) is 25.8 Å². The average Bonchev–Trinajstić information content (AvgIpc) is 2.14. The van der Waals surface area contributed by atoms with E-state index in [9.17, 15) is 0 Å². The minimum atomic E-state index is 0.786. The average molecular weight is 138 g/mol. The topological polar surface area (TPSA) is 9.23 Å². The first-order valence-corrected chi connectivity index (χ1v) is 3.58. The molecule has 0 aromatic heterocycles. The number of ether oxygens (including phenoxy) is 1. The maximum absolute atomic E-state index is 5.03. The molecule has 0 bridgehead atoms. The molecule has 0 aliphatic heterocycles. The van der Waals surface area contributed by atoms with Crippen LogP contribution in [0.2, 0.25) is 0 Å². The summed E-state index contributed by atoms with van der Waals surface area (Å²) in [7, 11) is 1.74. The largest absolute Gasteiger partial charge is 0.380 e. The van der Waals surface area contributed by atoms with Gasteiger partial charge in [0.1, 0.15) is 0 Å². The van der Waals surface area contributed by atoms with Crippen LogP contribution in [0.25, 0.3) is 0 Å². The molecule has 56 valence electrons. The van der Waals surface area contributed by atoms with Crippen molar-refractivity contribution in [1.29, 1.82) is 0 Å². The second-order valence-electron chi connectivity index (χ2n) is 2.88. The summed E-state index contributed by atoms with van der Waals surface area (Å²) < 4.78 is 5.03. The van der Waals surface area contributed by atoms with E-state index in [-0.39, 0.29) is 0 Å². The van der Waals surface area contributed by atoms with Crippen molar-refractivity contribution in [3.05, 3.63) is 22.8 Å². The second kappa shape index (κ2) is 3.02. The van der Waals surface area contributed by atoms with E-state index < -0.39 is 0 Å². The van der Waals surface area contributed by atoms with E-state index in [1.807, 2.05) is 0 Å². The van der Waals surface area contributed by atoms with Crippen molar-refractivity contribution < 1.29 is 4.74 Å². The van der Waals surface area contributed by atoms with E-state index >= 15 is 0 Å². The molecule has 0 heterocycles. The zero-order valence-electron chi connectivity index (χ0n) is 6.90. The quantitative estimate of drug-likeness (QED) is 0.569. The fourth-order valence-corrected chi connectivity index (χ4v) is 1.24. The lowest BCUT2D eigenvalue weighted by Gasteiger charge is -1.98. The summed E-state index contributed by atoms with van der Waals surface area (Å²) in [5.74, 6) is 0. The minimum absolute atomic E-state index is 0.786. The molecule has 0 spiro atoms. The summed E-state index contributed by atoms with van der Waals surface area (Å²) in [6, 6.07) is 0. The number of hydrogen-bond acceptors (Lipinski definition) is 1. The molecule has 0 aromatic carbocycles. The second-order valence-corrected chi connectivity index (χ2v) is 2.88. The van der Waals surface area contributed by atoms with Crippen LogP contribution in [0.15, 0.2) is 22.8 Å². The highest BCUT2D eigenvalue weighted by Gasteiger charge is 2.07. The summed E-state index contributed by atoms with van der Waals surface area (Å²) in [6.07, 6.45) is 3.33. The fraction of sp³-hybridized carbons (Fsp3) is 0.556. The maximum atomic E-state index is 5.03. The molecule has 1 heteroatoms. The molecule has 1 aliphatic rings. The summed E-state index contributed by atoms with van der Waals surface area (Å²) in [4.78, 5) is 0. The van der Waals surface area contributed by atoms with Gasteiger partial charge in [-0.15, -0.1) is 0 Å². The van der Waals surface area contributed by atoms with Crippen LogP contribution in [0.3, 0.4) is 0 Å². The van der Waals surface area contributed by atoms with Crippen LogP contribution in [-0.4, -0.2) is 13.7 Å². The van der Waals surface area contributed by atoms with Crippen molar-refractivity contribution in [3.63, 3.8) is 0 Å². The number of rotatable bonds is 2. The lowest BCUT2D eigenvalue weighted by Crippen LogP contribution is -1.90. The Morgan fingerprint density at radius 2 is 2.20 bits per heavy atom. The van der Waals surface area contributed by atoms with Crippen molar-refractivity contribution in [2.45, 2.75) is 20.3 Å². The minimum Gasteiger partial charge on any atom is -0.380 e. The smallest absolute Gasteiger partial charge is 0.0679 e. The van der Waals surface area contributed by atoms with Gasteiger partial charge in [0, 0.05) is 7.11 Å². The summed E-state index contributed by atoms with van der Waals surface area (Å²) >= 11 is 0. The predicted octanol–water partition coefficient (Wildman–Crippen LogP) is 2.30. The summed E-state index contributed by atoms with van der Waals surface area (Å²) in [5, 5.41) is 0. The van der Waals surface area contributed by atoms with E-state index in [1.54, 1.807) is 7.11 Å².